The van der Waals surface area contributed by atoms with Crippen LogP contribution in [0.25, 0.3) is 0 Å². The van der Waals surface area contributed by atoms with Crippen molar-refractivity contribution in [2.24, 2.45) is 5.73 Å². The Morgan fingerprint density at radius 3 is 2.21 bits per heavy atom. The van der Waals surface area contributed by atoms with Crippen molar-refractivity contribution in [1.29, 1.82) is 0 Å². The highest BCUT2D eigenvalue weighted by atomic mass is 32.1. The van der Waals surface area contributed by atoms with Crippen molar-refractivity contribution >= 4 is 23.2 Å². The molecule has 5 nitrogen and oxygen atoms in total. The summed E-state index contributed by atoms with van der Waals surface area (Å²) in [4.78, 5) is 30.4. The van der Waals surface area contributed by atoms with E-state index in [-0.39, 0.29) is 11.8 Å². The molecule has 0 radical (unpaired) electrons. The van der Waals surface area contributed by atoms with Gasteiger partial charge in [-0.25, -0.2) is 0 Å². The first-order chi connectivity index (χ1) is 11.6. The summed E-state index contributed by atoms with van der Waals surface area (Å²) in [6, 6.07) is 12.6. The Balaban J connectivity index is 1.58. The number of carbonyl (C=O) groups is 2. The largest absolute Gasteiger partial charge is 0.337 e. The summed E-state index contributed by atoms with van der Waals surface area (Å²) in [5, 5.41) is 0. The number of benzene rings is 1. The summed E-state index contributed by atoms with van der Waals surface area (Å²) in [7, 11) is 0. The molecule has 1 aromatic carbocycles. The maximum absolute atomic E-state index is 12.5. The fourth-order valence-corrected chi connectivity index (χ4v) is 3.67. The van der Waals surface area contributed by atoms with Gasteiger partial charge in [-0.3, -0.25) is 9.59 Å². The molecule has 3 rings (SSSR count). The lowest BCUT2D eigenvalue weighted by atomic mass is 10.1. The number of nitrogens with two attached hydrogens (primary N) is 1. The second kappa shape index (κ2) is 7.15. The van der Waals surface area contributed by atoms with Crippen LogP contribution in [0.3, 0.4) is 0 Å². The molecule has 0 saturated carbocycles. The van der Waals surface area contributed by atoms with Crippen LogP contribution >= 0.6 is 11.3 Å². The number of rotatable bonds is 3. The van der Waals surface area contributed by atoms with E-state index in [0.29, 0.717) is 26.2 Å². The summed E-state index contributed by atoms with van der Waals surface area (Å²) in [6.45, 7) is 4.13. The first-order valence-electron chi connectivity index (χ1n) is 8.01. The molecule has 1 atom stereocenters. The smallest absolute Gasteiger partial charge is 0.264 e. The van der Waals surface area contributed by atoms with Gasteiger partial charge in [-0.2, -0.15) is 0 Å². The Bertz CT molecular complexity index is 721. The number of thiophene rings is 1. The zero-order valence-corrected chi connectivity index (χ0v) is 14.5. The summed E-state index contributed by atoms with van der Waals surface area (Å²) in [5.74, 6) is -0.0344. The van der Waals surface area contributed by atoms with Gasteiger partial charge in [0, 0.05) is 31.1 Å². The van der Waals surface area contributed by atoms with E-state index in [2.05, 4.69) is 0 Å². The molecule has 1 fully saturated rings. The maximum atomic E-state index is 12.5. The van der Waals surface area contributed by atoms with Crippen molar-refractivity contribution < 1.29 is 9.59 Å². The molecule has 1 unspecified atom stereocenters. The molecule has 2 heterocycles. The number of carbonyl (C=O) groups excluding carboxylic acids is 2. The minimum absolute atomic E-state index is 0.0487. The molecule has 6 heteroatoms. The molecule has 126 valence electrons. The molecule has 0 spiro atoms. The van der Waals surface area contributed by atoms with E-state index in [1.165, 1.54) is 11.3 Å². The fraction of sp³-hybridized carbons (Fsp3) is 0.333. The Hall–Kier alpha value is -2.18. The van der Waals surface area contributed by atoms with Gasteiger partial charge in [-0.15, -0.1) is 11.3 Å². The van der Waals surface area contributed by atoms with Gasteiger partial charge in [0.1, 0.15) is 6.04 Å². The molecule has 0 aliphatic carbocycles. The quantitative estimate of drug-likeness (QED) is 0.927. The van der Waals surface area contributed by atoms with Crippen LogP contribution in [-0.4, -0.2) is 47.8 Å². The molecule has 2 amide bonds. The number of aryl methyl sites for hydroxylation is 1. The second-order valence-corrected chi connectivity index (χ2v) is 7.20. The third-order valence-corrected chi connectivity index (χ3v) is 5.24. The van der Waals surface area contributed by atoms with Gasteiger partial charge < -0.3 is 15.5 Å². The van der Waals surface area contributed by atoms with Crippen LogP contribution in [0.4, 0.5) is 0 Å². The third kappa shape index (κ3) is 3.49. The molecular weight excluding hydrogens is 322 g/mol. The Morgan fingerprint density at radius 2 is 1.62 bits per heavy atom. The van der Waals surface area contributed by atoms with Gasteiger partial charge in [0.2, 0.25) is 5.91 Å². The van der Waals surface area contributed by atoms with Crippen LogP contribution in [-0.2, 0) is 4.79 Å². The van der Waals surface area contributed by atoms with E-state index >= 15 is 0 Å². The van der Waals surface area contributed by atoms with E-state index in [1.807, 2.05) is 54.3 Å². The van der Waals surface area contributed by atoms with Gasteiger partial charge in [-0.1, -0.05) is 30.3 Å². The zero-order chi connectivity index (χ0) is 17.1. The average Bonchev–Trinajstić information content (AvgIpc) is 3.07. The van der Waals surface area contributed by atoms with Crippen LogP contribution in [0.2, 0.25) is 0 Å². The Kier molecular flexibility index (Phi) is 4.97. The molecule has 1 saturated heterocycles. The van der Waals surface area contributed by atoms with E-state index in [4.69, 9.17) is 5.73 Å². The molecule has 1 aliphatic rings. The minimum Gasteiger partial charge on any atom is -0.337 e. The standard InChI is InChI=1S/C18H21N3O2S/c1-13-7-8-15(24-13)17(22)20-9-11-21(12-10-20)18(23)16(19)14-5-3-2-4-6-14/h2-8,16H,9-12,19H2,1H3. The van der Waals surface area contributed by atoms with E-state index < -0.39 is 6.04 Å². The molecule has 0 bridgehead atoms. The van der Waals surface area contributed by atoms with Crippen LogP contribution in [0.5, 0.6) is 0 Å². The van der Waals surface area contributed by atoms with Crippen molar-refractivity contribution in [3.05, 3.63) is 57.8 Å². The summed E-state index contributed by atoms with van der Waals surface area (Å²) >= 11 is 1.51. The summed E-state index contributed by atoms with van der Waals surface area (Å²) in [5.41, 5.74) is 6.90. The van der Waals surface area contributed by atoms with Crippen molar-refractivity contribution in [2.45, 2.75) is 13.0 Å². The van der Waals surface area contributed by atoms with Crippen LogP contribution in [0.15, 0.2) is 42.5 Å². The predicted octanol–water partition coefficient (Wildman–Crippen LogP) is 2.04. The molecular formula is C18H21N3O2S. The third-order valence-electron chi connectivity index (χ3n) is 4.25. The minimum atomic E-state index is -0.645. The number of amides is 2. The highest BCUT2D eigenvalue weighted by Crippen LogP contribution is 2.19. The number of hydrogen-bond donors (Lipinski definition) is 1. The van der Waals surface area contributed by atoms with Crippen molar-refractivity contribution in [2.75, 3.05) is 26.2 Å². The predicted molar refractivity (Wildman–Crippen MR) is 94.9 cm³/mol. The van der Waals surface area contributed by atoms with Crippen molar-refractivity contribution in [3.8, 4) is 0 Å². The molecule has 2 aromatic rings. The Morgan fingerprint density at radius 1 is 1.00 bits per heavy atom. The maximum Gasteiger partial charge on any atom is 0.264 e. The van der Waals surface area contributed by atoms with Gasteiger partial charge in [0.25, 0.3) is 5.91 Å². The zero-order valence-electron chi connectivity index (χ0n) is 13.6. The van der Waals surface area contributed by atoms with Crippen LogP contribution in [0, 0.1) is 6.92 Å². The van der Waals surface area contributed by atoms with Crippen LogP contribution in [0.1, 0.15) is 26.2 Å². The number of nitrogens with zero attached hydrogens (tertiary/aromatic N) is 2. The number of piperazine rings is 1. The monoisotopic (exact) mass is 343 g/mol. The van der Waals surface area contributed by atoms with Crippen molar-refractivity contribution in [1.82, 2.24) is 9.80 Å². The summed E-state index contributed by atoms with van der Waals surface area (Å²) < 4.78 is 0. The molecule has 2 N–H and O–H groups in total. The first kappa shape index (κ1) is 16.7. The molecule has 24 heavy (non-hydrogen) atoms. The van der Waals surface area contributed by atoms with Gasteiger partial charge in [0.15, 0.2) is 0 Å². The second-order valence-electron chi connectivity index (χ2n) is 5.92. The van der Waals surface area contributed by atoms with E-state index in [9.17, 15) is 9.59 Å². The SMILES string of the molecule is Cc1ccc(C(=O)N2CCN(C(=O)C(N)c3ccccc3)CC2)s1. The first-order valence-corrected chi connectivity index (χ1v) is 8.83. The fourth-order valence-electron chi connectivity index (χ4n) is 2.83. The molecule has 1 aliphatic heterocycles. The Labute approximate surface area is 145 Å². The topological polar surface area (TPSA) is 66.6 Å². The highest BCUT2D eigenvalue weighted by Gasteiger charge is 2.28. The lowest BCUT2D eigenvalue weighted by Crippen LogP contribution is -2.52. The van der Waals surface area contributed by atoms with Gasteiger partial charge >= 0.3 is 0 Å². The van der Waals surface area contributed by atoms with E-state index in [0.717, 1.165) is 15.3 Å². The molecule has 1 aromatic heterocycles. The summed E-state index contributed by atoms with van der Waals surface area (Å²) in [6.07, 6.45) is 0. The lowest BCUT2D eigenvalue weighted by Gasteiger charge is -2.35. The van der Waals surface area contributed by atoms with E-state index in [1.54, 1.807) is 4.90 Å². The highest BCUT2D eigenvalue weighted by molar-refractivity contribution is 7.13. The van der Waals surface area contributed by atoms with Crippen molar-refractivity contribution in [3.63, 3.8) is 0 Å². The lowest BCUT2D eigenvalue weighted by molar-refractivity contribution is -0.134. The average molecular weight is 343 g/mol. The van der Waals surface area contributed by atoms with Gasteiger partial charge in [0.05, 0.1) is 4.88 Å². The van der Waals surface area contributed by atoms with Gasteiger partial charge in [-0.05, 0) is 24.6 Å². The number of hydrogen-bond acceptors (Lipinski definition) is 4. The van der Waals surface area contributed by atoms with Crippen LogP contribution < -0.4 is 5.73 Å². The normalized spacial score (nSPS) is 16.1.